The summed E-state index contributed by atoms with van der Waals surface area (Å²) < 4.78 is 0. The molecule has 3 nitrogen and oxygen atoms in total. The third kappa shape index (κ3) is 2.22. The first-order valence-corrected chi connectivity index (χ1v) is 7.18. The minimum Gasteiger partial charge on any atom is -0.329 e. The topological polar surface area (TPSA) is 51.8 Å². The van der Waals surface area contributed by atoms with E-state index in [1.165, 1.54) is 16.7 Å². The molecule has 0 aliphatic heterocycles. The lowest BCUT2D eigenvalue weighted by Gasteiger charge is -2.14. The lowest BCUT2D eigenvalue weighted by atomic mass is 10.0. The molecule has 20 heavy (non-hydrogen) atoms. The fraction of sp³-hybridized carbons (Fsp3) is 0.412. The largest absolute Gasteiger partial charge is 0.329 e. The molecule has 2 aromatic rings. The third-order valence-electron chi connectivity index (χ3n) is 4.23. The van der Waals surface area contributed by atoms with Crippen LogP contribution in [0.5, 0.6) is 0 Å². The molecule has 0 atom stereocenters. The van der Waals surface area contributed by atoms with Gasteiger partial charge in [-0.15, -0.1) is 0 Å². The Bertz CT molecular complexity index is 657. The van der Waals surface area contributed by atoms with Gasteiger partial charge in [-0.25, -0.2) is 9.97 Å². The molecular formula is C17H21N3. The number of benzene rings is 1. The van der Waals surface area contributed by atoms with Gasteiger partial charge in [0.15, 0.2) is 0 Å². The average Bonchev–Trinajstić information content (AvgIpc) is 3.19. The van der Waals surface area contributed by atoms with Gasteiger partial charge in [0.2, 0.25) is 0 Å². The fourth-order valence-corrected chi connectivity index (χ4v) is 2.71. The van der Waals surface area contributed by atoms with Gasteiger partial charge in [-0.3, -0.25) is 0 Å². The normalized spacial score (nSPS) is 16.2. The van der Waals surface area contributed by atoms with Crippen LogP contribution in [0.2, 0.25) is 0 Å². The third-order valence-corrected chi connectivity index (χ3v) is 4.23. The van der Waals surface area contributed by atoms with E-state index >= 15 is 0 Å². The molecule has 0 amide bonds. The van der Waals surface area contributed by atoms with Gasteiger partial charge >= 0.3 is 0 Å². The van der Waals surface area contributed by atoms with Crippen LogP contribution in [-0.4, -0.2) is 16.5 Å². The second-order valence-corrected chi connectivity index (χ2v) is 6.02. The second-order valence-electron chi connectivity index (χ2n) is 6.02. The Hall–Kier alpha value is -1.74. The summed E-state index contributed by atoms with van der Waals surface area (Å²) in [7, 11) is 0. The molecular weight excluding hydrogens is 246 g/mol. The maximum Gasteiger partial charge on any atom is 0.136 e. The van der Waals surface area contributed by atoms with Gasteiger partial charge in [0.25, 0.3) is 0 Å². The van der Waals surface area contributed by atoms with Crippen molar-refractivity contribution >= 4 is 0 Å². The predicted octanol–water partition coefficient (Wildman–Crippen LogP) is 3.06. The van der Waals surface area contributed by atoms with Crippen LogP contribution in [0, 0.1) is 20.8 Å². The van der Waals surface area contributed by atoms with E-state index in [2.05, 4.69) is 43.1 Å². The van der Waals surface area contributed by atoms with Gasteiger partial charge in [-0.1, -0.05) is 23.8 Å². The zero-order valence-electron chi connectivity index (χ0n) is 12.4. The quantitative estimate of drug-likeness (QED) is 0.930. The van der Waals surface area contributed by atoms with Crippen LogP contribution >= 0.6 is 0 Å². The molecule has 3 heteroatoms. The van der Waals surface area contributed by atoms with Crippen LogP contribution in [0.1, 0.15) is 35.5 Å². The molecule has 1 aliphatic carbocycles. The Kier molecular flexibility index (Phi) is 3.09. The minimum atomic E-state index is 0.0410. The highest BCUT2D eigenvalue weighted by atomic mass is 14.9. The molecule has 1 aromatic heterocycles. The maximum absolute atomic E-state index is 5.91. The van der Waals surface area contributed by atoms with Crippen molar-refractivity contribution in [1.82, 2.24) is 9.97 Å². The van der Waals surface area contributed by atoms with Crippen molar-refractivity contribution in [2.75, 3.05) is 6.54 Å². The van der Waals surface area contributed by atoms with Crippen LogP contribution in [0.4, 0.5) is 0 Å². The summed E-state index contributed by atoms with van der Waals surface area (Å²) in [6.07, 6.45) is 2.22. The summed E-state index contributed by atoms with van der Waals surface area (Å²) in [5.41, 5.74) is 11.7. The molecule has 104 valence electrons. The number of aryl methyl sites for hydroxylation is 3. The second kappa shape index (κ2) is 4.67. The first-order valence-electron chi connectivity index (χ1n) is 7.18. The summed E-state index contributed by atoms with van der Waals surface area (Å²) in [6, 6.07) is 8.55. The summed E-state index contributed by atoms with van der Waals surface area (Å²) in [5, 5.41) is 0. The maximum atomic E-state index is 5.91. The lowest BCUT2D eigenvalue weighted by molar-refractivity contribution is 0.646. The Morgan fingerprint density at radius 1 is 1.10 bits per heavy atom. The molecule has 1 aromatic carbocycles. The lowest BCUT2D eigenvalue weighted by Crippen LogP contribution is -2.23. The summed E-state index contributed by atoms with van der Waals surface area (Å²) in [4.78, 5) is 9.43. The van der Waals surface area contributed by atoms with E-state index < -0.39 is 0 Å². The number of hydrogen-bond acceptors (Lipinski definition) is 3. The van der Waals surface area contributed by atoms with E-state index in [4.69, 9.17) is 10.7 Å². The zero-order valence-corrected chi connectivity index (χ0v) is 12.4. The van der Waals surface area contributed by atoms with Crippen molar-refractivity contribution in [3.63, 3.8) is 0 Å². The molecule has 0 radical (unpaired) electrons. The van der Waals surface area contributed by atoms with Crippen LogP contribution < -0.4 is 5.73 Å². The summed E-state index contributed by atoms with van der Waals surface area (Å²) in [6.45, 7) is 6.92. The summed E-state index contributed by atoms with van der Waals surface area (Å²) in [5.74, 6) is 0.926. The Labute approximate surface area is 120 Å². The average molecular weight is 267 g/mol. The molecule has 2 N–H and O–H groups in total. The first kappa shape index (κ1) is 13.3. The van der Waals surface area contributed by atoms with Crippen LogP contribution in [0.3, 0.4) is 0 Å². The summed E-state index contributed by atoms with van der Waals surface area (Å²) >= 11 is 0. The highest BCUT2D eigenvalue weighted by Gasteiger charge is 2.46. The van der Waals surface area contributed by atoms with Crippen molar-refractivity contribution in [3.8, 4) is 11.3 Å². The van der Waals surface area contributed by atoms with Gasteiger partial charge in [-0.2, -0.15) is 0 Å². The monoisotopic (exact) mass is 267 g/mol. The number of nitrogens with zero attached hydrogens (tertiary/aromatic N) is 2. The first-order chi connectivity index (χ1) is 9.54. The molecule has 0 unspecified atom stereocenters. The van der Waals surface area contributed by atoms with Gasteiger partial charge in [-0.05, 0) is 45.2 Å². The highest BCUT2D eigenvalue weighted by Crippen LogP contribution is 2.46. The van der Waals surface area contributed by atoms with Crippen LogP contribution in [-0.2, 0) is 5.41 Å². The van der Waals surface area contributed by atoms with Crippen molar-refractivity contribution in [2.24, 2.45) is 5.73 Å². The van der Waals surface area contributed by atoms with E-state index in [-0.39, 0.29) is 5.41 Å². The fourth-order valence-electron chi connectivity index (χ4n) is 2.71. The Balaban J connectivity index is 2.10. The number of aromatic nitrogens is 2. The number of nitrogens with two attached hydrogens (primary N) is 1. The smallest absolute Gasteiger partial charge is 0.136 e. The van der Waals surface area contributed by atoms with Gasteiger partial charge < -0.3 is 5.73 Å². The number of rotatable bonds is 3. The number of hydrogen-bond donors (Lipinski definition) is 1. The van der Waals surface area contributed by atoms with Gasteiger partial charge in [0.05, 0.1) is 5.69 Å². The van der Waals surface area contributed by atoms with E-state index in [1.807, 2.05) is 6.92 Å². The Morgan fingerprint density at radius 2 is 1.85 bits per heavy atom. The SMILES string of the molecule is Cc1ccc(-c2cc(C)nc(C3(CN)CC3)n2)c(C)c1. The highest BCUT2D eigenvalue weighted by molar-refractivity contribution is 5.64. The van der Waals surface area contributed by atoms with Crippen molar-refractivity contribution < 1.29 is 0 Å². The van der Waals surface area contributed by atoms with Crippen molar-refractivity contribution in [2.45, 2.75) is 39.0 Å². The molecule has 3 rings (SSSR count). The van der Waals surface area contributed by atoms with E-state index in [0.717, 1.165) is 30.1 Å². The van der Waals surface area contributed by atoms with Crippen LogP contribution in [0.25, 0.3) is 11.3 Å². The van der Waals surface area contributed by atoms with E-state index in [0.29, 0.717) is 6.54 Å². The van der Waals surface area contributed by atoms with E-state index in [9.17, 15) is 0 Å². The standard InChI is InChI=1S/C17H21N3/c1-11-4-5-14(12(2)8-11)15-9-13(3)19-16(20-15)17(10-18)6-7-17/h4-5,8-9H,6-7,10,18H2,1-3H3. The molecule has 1 fully saturated rings. The Morgan fingerprint density at radius 3 is 2.45 bits per heavy atom. The van der Waals surface area contributed by atoms with E-state index in [1.54, 1.807) is 0 Å². The van der Waals surface area contributed by atoms with Gasteiger partial charge in [0, 0.05) is 23.2 Å². The van der Waals surface area contributed by atoms with Crippen LogP contribution in [0.15, 0.2) is 24.3 Å². The predicted molar refractivity (Wildman–Crippen MR) is 81.6 cm³/mol. The molecule has 0 bridgehead atoms. The van der Waals surface area contributed by atoms with Gasteiger partial charge in [0.1, 0.15) is 5.82 Å². The molecule has 0 saturated heterocycles. The molecule has 0 spiro atoms. The molecule has 1 saturated carbocycles. The van der Waals surface area contributed by atoms with Crippen molar-refractivity contribution in [3.05, 3.63) is 46.9 Å². The zero-order chi connectivity index (χ0) is 14.3. The molecule has 1 heterocycles. The van der Waals surface area contributed by atoms with Crippen molar-refractivity contribution in [1.29, 1.82) is 0 Å². The minimum absolute atomic E-state index is 0.0410. The molecule has 1 aliphatic rings.